The van der Waals surface area contributed by atoms with Gasteiger partial charge in [-0.05, 0) is 18.6 Å². The lowest BCUT2D eigenvalue weighted by Crippen LogP contribution is -2.48. The first-order valence-electron chi connectivity index (χ1n) is 8.54. The molecule has 1 aliphatic heterocycles. The maximum atomic E-state index is 12.3. The summed E-state index contributed by atoms with van der Waals surface area (Å²) in [7, 11) is 0. The molecule has 3 rings (SSSR count). The summed E-state index contributed by atoms with van der Waals surface area (Å²) < 4.78 is 0. The summed E-state index contributed by atoms with van der Waals surface area (Å²) in [6.45, 7) is 3.76. The SMILES string of the molecule is O=C(CCCNc1ccc([N+](=O)[O-])cc1)N1CCN(c2nccs2)CC1. The number of non-ortho nitro benzene ring substituents is 1. The average molecular weight is 375 g/mol. The molecule has 0 saturated carbocycles. The second-order valence-corrected chi connectivity index (χ2v) is 6.89. The van der Waals surface area contributed by atoms with Crippen LogP contribution in [0.2, 0.25) is 0 Å². The maximum Gasteiger partial charge on any atom is 0.269 e. The van der Waals surface area contributed by atoms with Crippen molar-refractivity contribution in [2.75, 3.05) is 42.9 Å². The van der Waals surface area contributed by atoms with E-state index < -0.39 is 4.92 Å². The summed E-state index contributed by atoms with van der Waals surface area (Å²) >= 11 is 1.62. The molecule has 0 atom stereocenters. The van der Waals surface area contributed by atoms with Gasteiger partial charge in [0.1, 0.15) is 0 Å². The van der Waals surface area contributed by atoms with Crippen molar-refractivity contribution in [2.24, 2.45) is 0 Å². The van der Waals surface area contributed by atoms with Gasteiger partial charge in [0.25, 0.3) is 5.69 Å². The topological polar surface area (TPSA) is 91.6 Å². The van der Waals surface area contributed by atoms with Crippen molar-refractivity contribution in [1.82, 2.24) is 9.88 Å². The van der Waals surface area contributed by atoms with Crippen LogP contribution in [0.3, 0.4) is 0 Å². The number of benzene rings is 1. The Labute approximate surface area is 155 Å². The van der Waals surface area contributed by atoms with E-state index in [1.807, 2.05) is 10.3 Å². The summed E-state index contributed by atoms with van der Waals surface area (Å²) in [6, 6.07) is 6.29. The highest BCUT2D eigenvalue weighted by atomic mass is 32.1. The van der Waals surface area contributed by atoms with Crippen molar-refractivity contribution >= 4 is 33.8 Å². The highest BCUT2D eigenvalue weighted by Gasteiger charge is 2.21. The molecule has 1 amide bonds. The number of aromatic nitrogens is 1. The van der Waals surface area contributed by atoms with Gasteiger partial charge in [-0.2, -0.15) is 0 Å². The number of carbonyl (C=O) groups is 1. The van der Waals surface area contributed by atoms with Crippen LogP contribution in [-0.2, 0) is 4.79 Å². The molecular formula is C17H21N5O3S. The van der Waals surface area contributed by atoms with E-state index >= 15 is 0 Å². The molecule has 26 heavy (non-hydrogen) atoms. The molecule has 2 heterocycles. The molecule has 1 aliphatic rings. The monoisotopic (exact) mass is 375 g/mol. The highest BCUT2D eigenvalue weighted by Crippen LogP contribution is 2.19. The van der Waals surface area contributed by atoms with Crippen LogP contribution in [0.1, 0.15) is 12.8 Å². The third-order valence-electron chi connectivity index (χ3n) is 4.30. The molecule has 1 saturated heterocycles. The molecule has 1 aromatic carbocycles. The molecule has 0 radical (unpaired) electrons. The summed E-state index contributed by atoms with van der Waals surface area (Å²) in [6.07, 6.45) is 3.02. The van der Waals surface area contributed by atoms with Crippen LogP contribution < -0.4 is 10.2 Å². The molecule has 1 aromatic heterocycles. The molecule has 2 aromatic rings. The molecule has 0 spiro atoms. The predicted molar refractivity (Wildman–Crippen MR) is 102 cm³/mol. The molecule has 0 bridgehead atoms. The molecule has 138 valence electrons. The Morgan fingerprint density at radius 3 is 2.58 bits per heavy atom. The number of amides is 1. The molecule has 9 heteroatoms. The fourth-order valence-corrected chi connectivity index (χ4v) is 3.55. The van der Waals surface area contributed by atoms with Crippen molar-refractivity contribution in [2.45, 2.75) is 12.8 Å². The van der Waals surface area contributed by atoms with Crippen LogP contribution in [-0.4, -0.2) is 53.4 Å². The number of piperazine rings is 1. The summed E-state index contributed by atoms with van der Waals surface area (Å²) in [5.41, 5.74) is 0.891. The van der Waals surface area contributed by atoms with Gasteiger partial charge in [-0.25, -0.2) is 4.98 Å². The van der Waals surface area contributed by atoms with Crippen LogP contribution in [0.15, 0.2) is 35.8 Å². The summed E-state index contributed by atoms with van der Waals surface area (Å²) in [5.74, 6) is 0.175. The van der Waals surface area contributed by atoms with Crippen LogP contribution in [0.25, 0.3) is 0 Å². The lowest BCUT2D eigenvalue weighted by Gasteiger charge is -2.34. The molecule has 0 unspecified atom stereocenters. The Hall–Kier alpha value is -2.68. The number of carbonyl (C=O) groups excluding carboxylic acids is 1. The predicted octanol–water partition coefficient (Wildman–Crippen LogP) is 2.59. The van der Waals surface area contributed by atoms with Gasteiger partial charge in [0.15, 0.2) is 5.13 Å². The Bertz CT molecular complexity index is 727. The first-order chi connectivity index (χ1) is 12.6. The van der Waals surface area contributed by atoms with E-state index in [0.717, 1.165) is 43.4 Å². The van der Waals surface area contributed by atoms with E-state index in [1.165, 1.54) is 12.1 Å². The Balaban J connectivity index is 1.35. The van der Waals surface area contributed by atoms with E-state index in [-0.39, 0.29) is 11.6 Å². The quantitative estimate of drug-likeness (QED) is 0.454. The fraction of sp³-hybridized carbons (Fsp3) is 0.412. The van der Waals surface area contributed by atoms with Crippen LogP contribution in [0.4, 0.5) is 16.5 Å². The first-order valence-corrected chi connectivity index (χ1v) is 9.42. The standard InChI is InChI=1S/C17H21N5O3S/c23-16(20-9-11-21(12-10-20)17-19-8-13-26-17)2-1-7-18-14-3-5-15(6-4-14)22(24)25/h3-6,8,13,18H,1-2,7,9-12H2. The zero-order valence-electron chi connectivity index (χ0n) is 14.3. The van der Waals surface area contributed by atoms with Gasteiger partial charge in [0.05, 0.1) is 4.92 Å². The number of rotatable bonds is 7. The van der Waals surface area contributed by atoms with Gasteiger partial charge in [-0.3, -0.25) is 14.9 Å². The molecule has 1 fully saturated rings. The van der Waals surface area contributed by atoms with Crippen molar-refractivity contribution in [3.05, 3.63) is 46.0 Å². The van der Waals surface area contributed by atoms with Crippen molar-refractivity contribution in [1.29, 1.82) is 0 Å². The maximum absolute atomic E-state index is 12.3. The zero-order valence-corrected chi connectivity index (χ0v) is 15.2. The number of nitrogens with one attached hydrogen (secondary N) is 1. The minimum absolute atomic E-state index is 0.0719. The number of anilines is 2. The van der Waals surface area contributed by atoms with E-state index in [4.69, 9.17) is 0 Å². The second-order valence-electron chi connectivity index (χ2n) is 6.02. The van der Waals surface area contributed by atoms with E-state index in [2.05, 4.69) is 15.2 Å². The van der Waals surface area contributed by atoms with Gasteiger partial charge >= 0.3 is 0 Å². The van der Waals surface area contributed by atoms with Gasteiger partial charge in [-0.1, -0.05) is 0 Å². The highest BCUT2D eigenvalue weighted by molar-refractivity contribution is 7.13. The van der Waals surface area contributed by atoms with Crippen LogP contribution >= 0.6 is 11.3 Å². The van der Waals surface area contributed by atoms with Gasteiger partial charge in [0, 0.05) is 68.5 Å². The lowest BCUT2D eigenvalue weighted by atomic mass is 10.2. The average Bonchev–Trinajstić information content (AvgIpc) is 3.20. The first kappa shape index (κ1) is 18.1. The Morgan fingerprint density at radius 2 is 1.96 bits per heavy atom. The normalized spacial score (nSPS) is 14.3. The van der Waals surface area contributed by atoms with Crippen LogP contribution in [0.5, 0.6) is 0 Å². The van der Waals surface area contributed by atoms with Gasteiger partial charge in [-0.15, -0.1) is 11.3 Å². The lowest BCUT2D eigenvalue weighted by molar-refractivity contribution is -0.384. The third-order valence-corrected chi connectivity index (χ3v) is 5.13. The van der Waals surface area contributed by atoms with E-state index in [9.17, 15) is 14.9 Å². The van der Waals surface area contributed by atoms with E-state index in [1.54, 1.807) is 29.7 Å². The molecule has 8 nitrogen and oxygen atoms in total. The Kier molecular flexibility index (Phi) is 6.00. The van der Waals surface area contributed by atoms with Crippen molar-refractivity contribution in [3.8, 4) is 0 Å². The number of hydrogen-bond acceptors (Lipinski definition) is 7. The summed E-state index contributed by atoms with van der Waals surface area (Å²) in [5, 5.41) is 16.8. The molecule has 0 aliphatic carbocycles. The Morgan fingerprint density at radius 1 is 1.23 bits per heavy atom. The molecular weight excluding hydrogens is 354 g/mol. The minimum Gasteiger partial charge on any atom is -0.385 e. The largest absolute Gasteiger partial charge is 0.385 e. The number of thiazole rings is 1. The number of nitro benzene ring substituents is 1. The van der Waals surface area contributed by atoms with Crippen molar-refractivity contribution in [3.63, 3.8) is 0 Å². The number of nitro groups is 1. The third kappa shape index (κ3) is 4.69. The zero-order chi connectivity index (χ0) is 18.4. The fourth-order valence-electron chi connectivity index (χ4n) is 2.85. The minimum atomic E-state index is -0.420. The summed E-state index contributed by atoms with van der Waals surface area (Å²) in [4.78, 5) is 31.0. The second kappa shape index (κ2) is 8.61. The van der Waals surface area contributed by atoms with Crippen LogP contribution in [0, 0.1) is 10.1 Å². The van der Waals surface area contributed by atoms with Gasteiger partial charge < -0.3 is 15.1 Å². The smallest absolute Gasteiger partial charge is 0.269 e. The van der Waals surface area contributed by atoms with E-state index in [0.29, 0.717) is 13.0 Å². The molecule has 1 N–H and O–H groups in total. The van der Waals surface area contributed by atoms with Gasteiger partial charge in [0.2, 0.25) is 5.91 Å². The number of hydrogen-bond donors (Lipinski definition) is 1. The number of nitrogens with zero attached hydrogens (tertiary/aromatic N) is 4. The van der Waals surface area contributed by atoms with Crippen molar-refractivity contribution < 1.29 is 9.72 Å².